The summed E-state index contributed by atoms with van der Waals surface area (Å²) in [6.07, 6.45) is 22.7. The van der Waals surface area contributed by atoms with Gasteiger partial charge in [-0.05, 0) is 44.9 Å². The number of amides is 1. The van der Waals surface area contributed by atoms with E-state index in [9.17, 15) is 20.1 Å². The van der Waals surface area contributed by atoms with Crippen LogP contribution in [0.15, 0.2) is 24.3 Å². The number of hydrogen-bond donors (Lipinski definition) is 4. The van der Waals surface area contributed by atoms with Crippen LogP contribution in [0.1, 0.15) is 117 Å². The summed E-state index contributed by atoms with van der Waals surface area (Å²) in [6, 6.07) is -0.822. The molecular formula is C27H51NO4. The Morgan fingerprint density at radius 2 is 1.34 bits per heavy atom. The number of carbonyl (C=O) groups excluding carboxylic acids is 1. The second-order valence-electron chi connectivity index (χ2n) is 8.85. The number of rotatable bonds is 22. The molecule has 0 saturated carbocycles. The molecule has 0 bridgehead atoms. The van der Waals surface area contributed by atoms with Gasteiger partial charge < -0.3 is 20.6 Å². The molecule has 0 aliphatic heterocycles. The van der Waals surface area contributed by atoms with Gasteiger partial charge >= 0.3 is 0 Å². The Kier molecular flexibility index (Phi) is 22.2. The van der Waals surface area contributed by atoms with E-state index >= 15 is 0 Å². The molecule has 5 heteroatoms. The van der Waals surface area contributed by atoms with Gasteiger partial charge in [-0.15, -0.1) is 0 Å². The minimum atomic E-state index is -1.16. The zero-order chi connectivity index (χ0) is 23.9. The number of aliphatic hydroxyl groups is 3. The molecule has 3 unspecified atom stereocenters. The number of unbranched alkanes of at least 4 members (excludes halogenated alkanes) is 10. The van der Waals surface area contributed by atoms with Crippen molar-refractivity contribution in [2.24, 2.45) is 0 Å². The molecule has 32 heavy (non-hydrogen) atoms. The minimum Gasteiger partial charge on any atom is -0.394 e. The first kappa shape index (κ1) is 30.8. The van der Waals surface area contributed by atoms with Crippen LogP contribution >= 0.6 is 0 Å². The molecule has 3 atom stereocenters. The van der Waals surface area contributed by atoms with Gasteiger partial charge in [-0.1, -0.05) is 89.5 Å². The molecular weight excluding hydrogens is 402 g/mol. The lowest BCUT2D eigenvalue weighted by Crippen LogP contribution is -2.50. The van der Waals surface area contributed by atoms with Crippen LogP contribution in [0, 0.1) is 0 Å². The Balaban J connectivity index is 3.92. The monoisotopic (exact) mass is 453 g/mol. The molecule has 0 heterocycles. The van der Waals surface area contributed by atoms with E-state index in [2.05, 4.69) is 43.5 Å². The molecule has 4 N–H and O–H groups in total. The highest BCUT2D eigenvalue weighted by atomic mass is 16.3. The van der Waals surface area contributed by atoms with Crippen LogP contribution < -0.4 is 5.32 Å². The number of aliphatic hydroxyl groups excluding tert-OH is 3. The van der Waals surface area contributed by atoms with Gasteiger partial charge in [-0.2, -0.15) is 0 Å². The molecule has 188 valence electrons. The van der Waals surface area contributed by atoms with Crippen LogP contribution in [-0.4, -0.2) is 46.1 Å². The Bertz CT molecular complexity index is 478. The van der Waals surface area contributed by atoms with Gasteiger partial charge in [0, 0.05) is 6.42 Å². The van der Waals surface area contributed by atoms with Gasteiger partial charge in [-0.25, -0.2) is 0 Å². The maximum atomic E-state index is 12.1. The largest absolute Gasteiger partial charge is 0.394 e. The molecule has 0 aromatic heterocycles. The van der Waals surface area contributed by atoms with Crippen molar-refractivity contribution in [1.29, 1.82) is 0 Å². The fourth-order valence-corrected chi connectivity index (χ4v) is 3.71. The van der Waals surface area contributed by atoms with Crippen LogP contribution in [0.2, 0.25) is 0 Å². The van der Waals surface area contributed by atoms with Crippen LogP contribution in [0.25, 0.3) is 0 Å². The van der Waals surface area contributed by atoms with Crippen LogP contribution in [0.4, 0.5) is 0 Å². The van der Waals surface area contributed by atoms with E-state index < -0.39 is 18.2 Å². The van der Waals surface area contributed by atoms with Crippen molar-refractivity contribution in [2.45, 2.75) is 135 Å². The first-order chi connectivity index (χ1) is 15.6. The van der Waals surface area contributed by atoms with E-state index in [1.54, 1.807) is 0 Å². The number of allylic oxidation sites excluding steroid dienone is 4. The minimum absolute atomic E-state index is 0.168. The molecule has 0 radical (unpaired) electrons. The predicted octanol–water partition coefficient (Wildman–Crippen LogP) is 5.58. The van der Waals surface area contributed by atoms with Crippen LogP contribution in [-0.2, 0) is 4.79 Å². The molecule has 0 aromatic rings. The predicted molar refractivity (Wildman–Crippen MR) is 135 cm³/mol. The number of hydrogen-bond acceptors (Lipinski definition) is 4. The van der Waals surface area contributed by atoms with Gasteiger partial charge in [0.15, 0.2) is 0 Å². The molecule has 0 rings (SSSR count). The summed E-state index contributed by atoms with van der Waals surface area (Å²) >= 11 is 0. The van der Waals surface area contributed by atoms with Crippen LogP contribution in [0.5, 0.6) is 0 Å². The third-order valence-corrected chi connectivity index (χ3v) is 5.80. The Morgan fingerprint density at radius 3 is 1.94 bits per heavy atom. The second kappa shape index (κ2) is 23.0. The first-order valence-corrected chi connectivity index (χ1v) is 13.1. The Labute approximate surface area is 197 Å². The molecule has 1 amide bonds. The van der Waals surface area contributed by atoms with Gasteiger partial charge in [0.2, 0.25) is 5.91 Å². The second-order valence-corrected chi connectivity index (χ2v) is 8.85. The van der Waals surface area contributed by atoms with Crippen molar-refractivity contribution in [1.82, 2.24) is 5.32 Å². The zero-order valence-corrected chi connectivity index (χ0v) is 20.8. The van der Waals surface area contributed by atoms with Crippen molar-refractivity contribution in [3.05, 3.63) is 24.3 Å². The Morgan fingerprint density at radius 1 is 0.781 bits per heavy atom. The molecule has 0 fully saturated rings. The average molecular weight is 454 g/mol. The molecule has 5 nitrogen and oxygen atoms in total. The first-order valence-electron chi connectivity index (χ1n) is 13.1. The highest BCUT2D eigenvalue weighted by Gasteiger charge is 2.26. The van der Waals surface area contributed by atoms with E-state index in [-0.39, 0.29) is 12.5 Å². The van der Waals surface area contributed by atoms with Crippen molar-refractivity contribution < 1.29 is 20.1 Å². The zero-order valence-electron chi connectivity index (χ0n) is 20.8. The maximum absolute atomic E-state index is 12.1. The lowest BCUT2D eigenvalue weighted by molar-refractivity contribution is -0.124. The Hall–Kier alpha value is -1.17. The molecule has 0 aliphatic rings. The van der Waals surface area contributed by atoms with E-state index in [1.807, 2.05) is 0 Å². The summed E-state index contributed by atoms with van der Waals surface area (Å²) < 4.78 is 0. The SMILES string of the molecule is CC/C=C/CC/C=C/CCCC(O)C(O)C(CO)NC(=O)CCCCCCCCCCC. The molecule has 0 aliphatic carbocycles. The highest BCUT2D eigenvalue weighted by molar-refractivity contribution is 5.76. The van der Waals surface area contributed by atoms with E-state index in [0.29, 0.717) is 12.8 Å². The fraction of sp³-hybridized carbons (Fsp3) is 0.815. The third-order valence-electron chi connectivity index (χ3n) is 5.80. The smallest absolute Gasteiger partial charge is 0.220 e. The quantitative estimate of drug-likeness (QED) is 0.127. The van der Waals surface area contributed by atoms with Crippen molar-refractivity contribution >= 4 is 5.91 Å². The van der Waals surface area contributed by atoms with Crippen LogP contribution in [0.3, 0.4) is 0 Å². The van der Waals surface area contributed by atoms with E-state index in [1.165, 1.54) is 38.5 Å². The molecule has 0 saturated heterocycles. The summed E-state index contributed by atoms with van der Waals surface area (Å²) in [4.78, 5) is 12.1. The highest BCUT2D eigenvalue weighted by Crippen LogP contribution is 2.12. The van der Waals surface area contributed by atoms with E-state index in [4.69, 9.17) is 0 Å². The summed E-state index contributed by atoms with van der Waals surface area (Å²) in [7, 11) is 0. The number of carbonyl (C=O) groups is 1. The van der Waals surface area contributed by atoms with Gasteiger partial charge in [0.25, 0.3) is 0 Å². The summed E-state index contributed by atoms with van der Waals surface area (Å²) in [5, 5.41) is 32.8. The van der Waals surface area contributed by atoms with Gasteiger partial charge in [0.1, 0.15) is 6.10 Å². The average Bonchev–Trinajstić information content (AvgIpc) is 2.79. The van der Waals surface area contributed by atoms with Gasteiger partial charge in [0.05, 0.1) is 18.8 Å². The summed E-state index contributed by atoms with van der Waals surface area (Å²) in [5.74, 6) is -0.168. The van der Waals surface area contributed by atoms with Gasteiger partial charge in [-0.3, -0.25) is 4.79 Å². The summed E-state index contributed by atoms with van der Waals surface area (Å²) in [6.45, 7) is 3.96. The fourth-order valence-electron chi connectivity index (χ4n) is 3.71. The van der Waals surface area contributed by atoms with Crippen molar-refractivity contribution in [2.75, 3.05) is 6.61 Å². The third kappa shape index (κ3) is 18.4. The normalized spacial score (nSPS) is 14.8. The summed E-state index contributed by atoms with van der Waals surface area (Å²) in [5.41, 5.74) is 0. The lowest BCUT2D eigenvalue weighted by Gasteiger charge is -2.26. The van der Waals surface area contributed by atoms with Crippen molar-refractivity contribution in [3.8, 4) is 0 Å². The standard InChI is InChI=1S/C27H51NO4/c1-3-5-7-9-11-13-15-17-19-21-25(30)27(32)24(23-29)28-26(31)22-20-18-16-14-12-10-8-6-4-2/h5,7,13,15,24-25,27,29-30,32H,3-4,6,8-12,14,16-23H2,1-2H3,(H,28,31)/b7-5+,15-13+. The topological polar surface area (TPSA) is 89.8 Å². The number of nitrogens with one attached hydrogen (secondary N) is 1. The van der Waals surface area contributed by atoms with E-state index in [0.717, 1.165) is 51.4 Å². The molecule has 0 spiro atoms. The maximum Gasteiger partial charge on any atom is 0.220 e. The van der Waals surface area contributed by atoms with Crippen molar-refractivity contribution in [3.63, 3.8) is 0 Å². The molecule has 0 aromatic carbocycles. The lowest BCUT2D eigenvalue weighted by atomic mass is 10.0.